The Kier molecular flexibility index (Phi) is 7.17. The molecule has 5 heteroatoms. The van der Waals surface area contributed by atoms with Gasteiger partial charge in [0.2, 0.25) is 0 Å². The van der Waals surface area contributed by atoms with Gasteiger partial charge in [0.05, 0.1) is 18.8 Å². The number of ether oxygens (including phenoxy) is 1. The summed E-state index contributed by atoms with van der Waals surface area (Å²) < 4.78 is 5.89. The molecule has 156 valence electrons. The summed E-state index contributed by atoms with van der Waals surface area (Å²) in [6, 6.07) is 17.1. The monoisotopic (exact) mass is 402 g/mol. The number of aryl methyl sites for hydroxylation is 3. The molecular formula is C25H30N4O. The van der Waals surface area contributed by atoms with Crippen molar-refractivity contribution >= 4 is 12.0 Å². The molecule has 0 unspecified atom stereocenters. The lowest BCUT2D eigenvalue weighted by molar-refractivity contribution is 0.295. The minimum Gasteiger partial charge on any atom is -0.463 e. The normalized spacial score (nSPS) is 11.1. The molecule has 0 aliphatic heterocycles. The van der Waals surface area contributed by atoms with Crippen LogP contribution in [-0.4, -0.2) is 36.9 Å². The molecule has 0 amide bonds. The number of aromatic nitrogens is 2. The van der Waals surface area contributed by atoms with Crippen molar-refractivity contribution in [2.24, 2.45) is 4.99 Å². The maximum Gasteiger partial charge on any atom is 0.318 e. The van der Waals surface area contributed by atoms with Crippen molar-refractivity contribution < 1.29 is 4.74 Å². The van der Waals surface area contributed by atoms with E-state index in [1.54, 1.807) is 0 Å². The van der Waals surface area contributed by atoms with Crippen molar-refractivity contribution in [1.82, 2.24) is 9.97 Å². The standard InChI is InChI=1S/C25H30N4O/c1-18-7-6-8-22(13-18)16-26-17-23-15-24(29(4)5)28-25(27-23)30-12-11-21-10-9-19(2)20(3)14-21/h6-10,13-16H,11-12,17H2,1-5H3. The molecule has 0 N–H and O–H groups in total. The van der Waals surface area contributed by atoms with Crippen LogP contribution in [0.4, 0.5) is 5.82 Å². The van der Waals surface area contributed by atoms with Gasteiger partial charge < -0.3 is 9.64 Å². The second-order valence-electron chi connectivity index (χ2n) is 7.80. The fourth-order valence-corrected chi connectivity index (χ4v) is 3.05. The molecule has 3 aromatic rings. The van der Waals surface area contributed by atoms with E-state index in [-0.39, 0.29) is 0 Å². The van der Waals surface area contributed by atoms with Crippen molar-refractivity contribution in [3.8, 4) is 6.01 Å². The molecule has 2 aromatic carbocycles. The maximum atomic E-state index is 5.89. The molecule has 0 atom stereocenters. The van der Waals surface area contributed by atoms with Crippen LogP contribution in [0.25, 0.3) is 0 Å². The predicted molar refractivity (Wildman–Crippen MR) is 124 cm³/mol. The SMILES string of the molecule is Cc1cccc(C=NCc2cc(N(C)C)nc(OCCc3ccc(C)c(C)c3)n2)c1. The Bertz CT molecular complexity index is 1030. The summed E-state index contributed by atoms with van der Waals surface area (Å²) in [4.78, 5) is 15.6. The van der Waals surface area contributed by atoms with E-state index in [0.29, 0.717) is 19.2 Å². The van der Waals surface area contributed by atoms with Gasteiger partial charge in [0.1, 0.15) is 5.82 Å². The highest BCUT2D eigenvalue weighted by atomic mass is 16.5. The number of aliphatic imine (C=N–C) groups is 1. The fourth-order valence-electron chi connectivity index (χ4n) is 3.05. The van der Waals surface area contributed by atoms with Gasteiger partial charge in [-0.1, -0.05) is 48.0 Å². The number of nitrogens with zero attached hydrogens (tertiary/aromatic N) is 4. The minimum absolute atomic E-state index is 0.394. The third-order valence-corrected chi connectivity index (χ3v) is 4.93. The molecular weight excluding hydrogens is 372 g/mol. The largest absolute Gasteiger partial charge is 0.463 e. The molecule has 30 heavy (non-hydrogen) atoms. The highest BCUT2D eigenvalue weighted by Gasteiger charge is 2.08. The first kappa shape index (κ1) is 21.5. The van der Waals surface area contributed by atoms with E-state index in [0.717, 1.165) is 23.5 Å². The van der Waals surface area contributed by atoms with Gasteiger partial charge in [-0.2, -0.15) is 9.97 Å². The van der Waals surface area contributed by atoms with Crippen LogP contribution in [0.1, 0.15) is 33.5 Å². The molecule has 1 heterocycles. The molecule has 0 bridgehead atoms. The summed E-state index contributed by atoms with van der Waals surface area (Å²) in [5.74, 6) is 0.812. The Morgan fingerprint density at radius 3 is 2.53 bits per heavy atom. The van der Waals surface area contributed by atoms with E-state index in [2.05, 4.69) is 66.1 Å². The van der Waals surface area contributed by atoms with Gasteiger partial charge in [-0.3, -0.25) is 4.99 Å². The van der Waals surface area contributed by atoms with E-state index in [4.69, 9.17) is 4.74 Å². The Morgan fingerprint density at radius 2 is 1.80 bits per heavy atom. The van der Waals surface area contributed by atoms with Crippen LogP contribution in [0.2, 0.25) is 0 Å². The molecule has 5 nitrogen and oxygen atoms in total. The van der Waals surface area contributed by atoms with Crippen LogP contribution >= 0.6 is 0 Å². The van der Waals surface area contributed by atoms with Crippen molar-refractivity contribution in [3.05, 3.63) is 82.0 Å². The van der Waals surface area contributed by atoms with Crippen LogP contribution in [-0.2, 0) is 13.0 Å². The molecule has 0 aliphatic carbocycles. The molecule has 0 aliphatic rings. The Labute approximate surface area is 179 Å². The average Bonchev–Trinajstić information content (AvgIpc) is 2.70. The highest BCUT2D eigenvalue weighted by molar-refractivity contribution is 5.79. The predicted octanol–water partition coefficient (Wildman–Crippen LogP) is 4.71. The fraction of sp³-hybridized carbons (Fsp3) is 0.320. The lowest BCUT2D eigenvalue weighted by Gasteiger charge is -2.14. The van der Waals surface area contributed by atoms with Crippen LogP contribution in [0.3, 0.4) is 0 Å². The van der Waals surface area contributed by atoms with Crippen LogP contribution in [0.15, 0.2) is 53.5 Å². The number of benzene rings is 2. The first-order chi connectivity index (χ1) is 14.4. The quantitative estimate of drug-likeness (QED) is 0.512. The molecule has 0 saturated carbocycles. The van der Waals surface area contributed by atoms with Crippen molar-refractivity contribution in [1.29, 1.82) is 0 Å². The summed E-state index contributed by atoms with van der Waals surface area (Å²) in [6.07, 6.45) is 2.70. The summed E-state index contributed by atoms with van der Waals surface area (Å²) in [6.45, 7) is 7.34. The van der Waals surface area contributed by atoms with E-state index < -0.39 is 0 Å². The zero-order valence-corrected chi connectivity index (χ0v) is 18.5. The lowest BCUT2D eigenvalue weighted by atomic mass is 10.0. The molecule has 0 radical (unpaired) electrons. The van der Waals surface area contributed by atoms with Gasteiger partial charge in [-0.15, -0.1) is 0 Å². The number of anilines is 1. The third-order valence-electron chi connectivity index (χ3n) is 4.93. The minimum atomic E-state index is 0.394. The Balaban J connectivity index is 1.66. The van der Waals surface area contributed by atoms with Gasteiger partial charge in [-0.25, -0.2) is 0 Å². The number of hydrogen-bond donors (Lipinski definition) is 0. The average molecular weight is 403 g/mol. The highest BCUT2D eigenvalue weighted by Crippen LogP contribution is 2.16. The van der Waals surface area contributed by atoms with Gasteiger partial charge in [-0.05, 0) is 43.0 Å². The van der Waals surface area contributed by atoms with Crippen molar-refractivity contribution in [2.45, 2.75) is 33.7 Å². The van der Waals surface area contributed by atoms with Gasteiger partial charge in [0, 0.05) is 32.8 Å². The van der Waals surface area contributed by atoms with E-state index >= 15 is 0 Å². The van der Waals surface area contributed by atoms with Gasteiger partial charge >= 0.3 is 6.01 Å². The zero-order chi connectivity index (χ0) is 21.5. The molecule has 0 saturated heterocycles. The van der Waals surface area contributed by atoms with E-state index in [1.807, 2.05) is 43.4 Å². The van der Waals surface area contributed by atoms with E-state index in [1.165, 1.54) is 22.3 Å². The van der Waals surface area contributed by atoms with E-state index in [9.17, 15) is 0 Å². The Hall–Kier alpha value is -3.21. The Morgan fingerprint density at radius 1 is 0.967 bits per heavy atom. The number of rotatable bonds is 8. The van der Waals surface area contributed by atoms with Crippen molar-refractivity contribution in [3.63, 3.8) is 0 Å². The van der Waals surface area contributed by atoms with Crippen LogP contribution in [0, 0.1) is 20.8 Å². The van der Waals surface area contributed by atoms with Crippen LogP contribution < -0.4 is 9.64 Å². The molecule has 0 fully saturated rings. The van der Waals surface area contributed by atoms with Crippen LogP contribution in [0.5, 0.6) is 6.01 Å². The molecule has 1 aromatic heterocycles. The van der Waals surface area contributed by atoms with Crippen molar-refractivity contribution in [2.75, 3.05) is 25.6 Å². The smallest absolute Gasteiger partial charge is 0.318 e. The number of hydrogen-bond acceptors (Lipinski definition) is 5. The first-order valence-electron chi connectivity index (χ1n) is 10.2. The maximum absolute atomic E-state index is 5.89. The second kappa shape index (κ2) is 10.0. The first-order valence-corrected chi connectivity index (χ1v) is 10.2. The summed E-state index contributed by atoms with van der Waals surface area (Å²) in [7, 11) is 3.92. The molecule has 3 rings (SSSR count). The van der Waals surface area contributed by atoms with Gasteiger partial charge in [0.25, 0.3) is 0 Å². The summed E-state index contributed by atoms with van der Waals surface area (Å²) in [5.41, 5.74) is 6.99. The summed E-state index contributed by atoms with van der Waals surface area (Å²) >= 11 is 0. The lowest BCUT2D eigenvalue weighted by Crippen LogP contribution is -2.13. The van der Waals surface area contributed by atoms with Gasteiger partial charge in [0.15, 0.2) is 0 Å². The second-order valence-corrected chi connectivity index (χ2v) is 7.80. The third kappa shape index (κ3) is 6.14. The topological polar surface area (TPSA) is 50.6 Å². The molecule has 0 spiro atoms. The summed E-state index contributed by atoms with van der Waals surface area (Å²) in [5, 5.41) is 0. The zero-order valence-electron chi connectivity index (χ0n) is 18.5.